The van der Waals surface area contributed by atoms with E-state index in [4.69, 9.17) is 9.47 Å². The molecule has 1 aromatic carbocycles. The number of rotatable bonds is 4. The smallest absolute Gasteiger partial charge is 0.410 e. The van der Waals surface area contributed by atoms with Gasteiger partial charge in [0.05, 0.1) is 6.61 Å². The molecule has 0 saturated carbocycles. The van der Waals surface area contributed by atoms with Crippen LogP contribution < -0.4 is 4.74 Å². The Morgan fingerprint density at radius 3 is 2.52 bits per heavy atom. The first kappa shape index (κ1) is 17.1. The van der Waals surface area contributed by atoms with Crippen molar-refractivity contribution in [3.05, 3.63) is 29.3 Å². The molecule has 1 fully saturated rings. The van der Waals surface area contributed by atoms with Crippen LogP contribution in [0.3, 0.4) is 0 Å². The van der Waals surface area contributed by atoms with Crippen LogP contribution in [-0.4, -0.2) is 47.4 Å². The van der Waals surface area contributed by atoms with E-state index in [9.17, 15) is 14.7 Å². The molecule has 126 valence electrons. The van der Waals surface area contributed by atoms with E-state index in [1.807, 2.05) is 33.8 Å². The Hall–Kier alpha value is -2.24. The number of likely N-dealkylation sites (tertiary alicyclic amines) is 1. The molecule has 1 aliphatic heterocycles. The maximum atomic E-state index is 11.8. The molecule has 1 aliphatic rings. The number of nitrogens with zero attached hydrogens (tertiary/aromatic N) is 1. The lowest BCUT2D eigenvalue weighted by Gasteiger charge is -2.39. The first-order valence-corrected chi connectivity index (χ1v) is 7.60. The third kappa shape index (κ3) is 4.61. The summed E-state index contributed by atoms with van der Waals surface area (Å²) < 4.78 is 10.9. The molecular formula is C17H23NO5. The van der Waals surface area contributed by atoms with Crippen molar-refractivity contribution in [2.75, 3.05) is 19.7 Å². The molecule has 1 heterocycles. The molecule has 1 saturated heterocycles. The van der Waals surface area contributed by atoms with Gasteiger partial charge in [-0.3, -0.25) is 0 Å². The average molecular weight is 321 g/mol. The van der Waals surface area contributed by atoms with E-state index < -0.39 is 11.6 Å². The number of carboxylic acids is 1. The fourth-order valence-corrected chi connectivity index (χ4v) is 2.30. The number of carboxylic acid groups (broad SMARTS) is 1. The molecule has 0 aromatic heterocycles. The molecule has 0 unspecified atom stereocenters. The van der Waals surface area contributed by atoms with Crippen molar-refractivity contribution in [1.29, 1.82) is 0 Å². The monoisotopic (exact) mass is 321 g/mol. The van der Waals surface area contributed by atoms with Crippen molar-refractivity contribution in [1.82, 2.24) is 4.90 Å². The summed E-state index contributed by atoms with van der Waals surface area (Å²) in [5, 5.41) is 9.20. The summed E-state index contributed by atoms with van der Waals surface area (Å²) in [4.78, 5) is 24.7. The fraction of sp³-hybridized carbons (Fsp3) is 0.529. The van der Waals surface area contributed by atoms with Crippen LogP contribution in [0, 0.1) is 12.8 Å². The highest BCUT2D eigenvalue weighted by atomic mass is 16.6. The first-order valence-electron chi connectivity index (χ1n) is 7.60. The van der Waals surface area contributed by atoms with Crippen LogP contribution in [0.5, 0.6) is 5.75 Å². The highest BCUT2D eigenvalue weighted by Gasteiger charge is 2.34. The van der Waals surface area contributed by atoms with E-state index in [1.54, 1.807) is 17.0 Å². The summed E-state index contributed by atoms with van der Waals surface area (Å²) in [6.45, 7) is 8.82. The molecule has 1 N–H and O–H groups in total. The number of aromatic carboxylic acids is 1. The number of hydrogen-bond acceptors (Lipinski definition) is 4. The number of hydrogen-bond donors (Lipinski definition) is 1. The molecule has 2 rings (SSSR count). The zero-order valence-corrected chi connectivity index (χ0v) is 14.0. The first-order chi connectivity index (χ1) is 10.7. The third-order valence-electron chi connectivity index (χ3n) is 3.45. The quantitative estimate of drug-likeness (QED) is 0.922. The van der Waals surface area contributed by atoms with Crippen molar-refractivity contribution < 1.29 is 24.2 Å². The van der Waals surface area contributed by atoms with Gasteiger partial charge < -0.3 is 19.5 Å². The Labute approximate surface area is 136 Å². The van der Waals surface area contributed by atoms with Gasteiger partial charge in [0.25, 0.3) is 0 Å². The van der Waals surface area contributed by atoms with Crippen LogP contribution in [0.2, 0.25) is 0 Å². The van der Waals surface area contributed by atoms with E-state index in [1.165, 1.54) is 0 Å². The van der Waals surface area contributed by atoms with Crippen LogP contribution in [0.4, 0.5) is 4.79 Å². The molecule has 0 spiro atoms. The highest BCUT2D eigenvalue weighted by molar-refractivity contribution is 5.91. The minimum absolute atomic E-state index is 0.160. The van der Waals surface area contributed by atoms with Crippen LogP contribution >= 0.6 is 0 Å². The van der Waals surface area contributed by atoms with Gasteiger partial charge in [0.2, 0.25) is 0 Å². The van der Waals surface area contributed by atoms with Crippen LogP contribution in [-0.2, 0) is 4.74 Å². The van der Waals surface area contributed by atoms with Crippen molar-refractivity contribution in [2.24, 2.45) is 5.92 Å². The maximum Gasteiger partial charge on any atom is 0.410 e. The standard InChI is InChI=1S/C17H23NO5/c1-11-5-6-14(13(7-11)15(19)20)22-10-12-8-18(9-12)16(21)23-17(2,3)4/h5-7,12H,8-10H2,1-4H3,(H,19,20). The minimum atomic E-state index is -1.01. The largest absolute Gasteiger partial charge is 0.492 e. The highest BCUT2D eigenvalue weighted by Crippen LogP contribution is 2.24. The second-order valence-corrected chi connectivity index (χ2v) is 6.87. The van der Waals surface area contributed by atoms with Gasteiger partial charge in [0, 0.05) is 19.0 Å². The molecular weight excluding hydrogens is 298 g/mol. The Kier molecular flexibility index (Phi) is 4.82. The number of carbonyl (C=O) groups is 2. The van der Waals surface area contributed by atoms with Crippen LogP contribution in [0.15, 0.2) is 18.2 Å². The SMILES string of the molecule is Cc1ccc(OCC2CN(C(=O)OC(C)(C)C)C2)c(C(=O)O)c1. The normalized spacial score (nSPS) is 15.0. The molecule has 0 atom stereocenters. The summed E-state index contributed by atoms with van der Waals surface area (Å²) in [5.74, 6) is -0.461. The van der Waals surface area contributed by atoms with Crippen molar-refractivity contribution in [2.45, 2.75) is 33.3 Å². The summed E-state index contributed by atoms with van der Waals surface area (Å²) >= 11 is 0. The van der Waals surface area contributed by atoms with Crippen molar-refractivity contribution in [3.8, 4) is 5.75 Å². The third-order valence-corrected chi connectivity index (χ3v) is 3.45. The van der Waals surface area contributed by atoms with Gasteiger partial charge in [-0.2, -0.15) is 0 Å². The number of aryl methyl sites for hydroxylation is 1. The number of benzene rings is 1. The lowest BCUT2D eigenvalue weighted by molar-refractivity contribution is -0.00784. The zero-order valence-electron chi connectivity index (χ0n) is 14.0. The second-order valence-electron chi connectivity index (χ2n) is 6.87. The molecule has 6 nitrogen and oxygen atoms in total. The van der Waals surface area contributed by atoms with Gasteiger partial charge in [-0.15, -0.1) is 0 Å². The van der Waals surface area contributed by atoms with E-state index in [2.05, 4.69) is 0 Å². The lowest BCUT2D eigenvalue weighted by Crippen LogP contribution is -2.53. The minimum Gasteiger partial charge on any atom is -0.492 e. The molecule has 23 heavy (non-hydrogen) atoms. The van der Waals surface area contributed by atoms with E-state index in [0.717, 1.165) is 5.56 Å². The predicted molar refractivity (Wildman–Crippen MR) is 84.9 cm³/mol. The van der Waals surface area contributed by atoms with Crippen molar-refractivity contribution in [3.63, 3.8) is 0 Å². The van der Waals surface area contributed by atoms with Gasteiger partial charge in [-0.05, 0) is 39.8 Å². The summed E-state index contributed by atoms with van der Waals surface area (Å²) in [7, 11) is 0. The lowest BCUT2D eigenvalue weighted by atomic mass is 10.0. The predicted octanol–water partition coefficient (Wildman–Crippen LogP) is 2.94. The topological polar surface area (TPSA) is 76.1 Å². The Morgan fingerprint density at radius 1 is 1.30 bits per heavy atom. The van der Waals surface area contributed by atoms with Crippen LogP contribution in [0.1, 0.15) is 36.7 Å². The van der Waals surface area contributed by atoms with E-state index in [0.29, 0.717) is 25.4 Å². The van der Waals surface area contributed by atoms with E-state index in [-0.39, 0.29) is 17.6 Å². The number of ether oxygens (including phenoxy) is 2. The summed E-state index contributed by atoms with van der Waals surface area (Å²) in [5.41, 5.74) is 0.527. The van der Waals surface area contributed by atoms with E-state index >= 15 is 0 Å². The Bertz CT molecular complexity index is 599. The second kappa shape index (κ2) is 6.48. The molecule has 1 amide bonds. The molecule has 0 bridgehead atoms. The molecule has 0 aliphatic carbocycles. The molecule has 0 radical (unpaired) electrons. The maximum absolute atomic E-state index is 11.8. The average Bonchev–Trinajstić information content (AvgIpc) is 2.35. The van der Waals surface area contributed by atoms with Gasteiger partial charge in [0.15, 0.2) is 0 Å². The van der Waals surface area contributed by atoms with Gasteiger partial charge >= 0.3 is 12.1 Å². The molecule has 6 heteroatoms. The van der Waals surface area contributed by atoms with Crippen molar-refractivity contribution >= 4 is 12.1 Å². The number of carbonyl (C=O) groups excluding carboxylic acids is 1. The van der Waals surface area contributed by atoms with Crippen LogP contribution in [0.25, 0.3) is 0 Å². The zero-order chi connectivity index (χ0) is 17.2. The Balaban J connectivity index is 1.84. The molecule has 1 aromatic rings. The summed E-state index contributed by atoms with van der Waals surface area (Å²) in [6.07, 6.45) is -0.324. The van der Waals surface area contributed by atoms with Gasteiger partial charge in [-0.1, -0.05) is 11.6 Å². The summed E-state index contributed by atoms with van der Waals surface area (Å²) in [6, 6.07) is 5.07. The van der Waals surface area contributed by atoms with Gasteiger partial charge in [-0.25, -0.2) is 9.59 Å². The fourth-order valence-electron chi connectivity index (χ4n) is 2.30. The Morgan fingerprint density at radius 2 is 1.96 bits per heavy atom. The number of amides is 1. The van der Waals surface area contributed by atoms with Gasteiger partial charge in [0.1, 0.15) is 16.9 Å².